The predicted octanol–water partition coefficient (Wildman–Crippen LogP) is 3.96. The molecule has 0 N–H and O–H groups in total. The topological polar surface area (TPSA) is 80.3 Å². The summed E-state index contributed by atoms with van der Waals surface area (Å²) in [7, 11) is 0. The lowest BCUT2D eigenvalue weighted by atomic mass is 10.0. The Kier molecular flexibility index (Phi) is 5.45. The quantitative estimate of drug-likeness (QED) is 0.584. The van der Waals surface area contributed by atoms with Crippen molar-refractivity contribution in [2.45, 2.75) is 64.5 Å². The normalized spacial score (nSPS) is 17.2. The van der Waals surface area contributed by atoms with Gasteiger partial charge in [-0.3, -0.25) is 4.79 Å². The molecular formula is C24H30N6O2. The van der Waals surface area contributed by atoms with Crippen LogP contribution in [-0.4, -0.2) is 55.7 Å². The van der Waals surface area contributed by atoms with Gasteiger partial charge in [-0.2, -0.15) is 4.98 Å². The molecule has 1 saturated carbocycles. The highest BCUT2D eigenvalue weighted by atomic mass is 16.5. The van der Waals surface area contributed by atoms with E-state index >= 15 is 0 Å². The molecule has 0 radical (unpaired) electrons. The van der Waals surface area contributed by atoms with Crippen LogP contribution in [0.4, 0.5) is 6.01 Å². The minimum Gasteiger partial charge on any atom is -0.333 e. The van der Waals surface area contributed by atoms with E-state index in [9.17, 15) is 4.79 Å². The number of rotatable bonds is 6. The zero-order valence-electron chi connectivity index (χ0n) is 18.9. The van der Waals surface area contributed by atoms with Crippen molar-refractivity contribution in [3.63, 3.8) is 0 Å². The molecule has 3 heterocycles. The number of anilines is 1. The highest BCUT2D eigenvalue weighted by Gasteiger charge is 2.39. The number of aromatic nitrogens is 4. The first-order chi connectivity index (χ1) is 15.5. The standard InChI is InChI=1S/C24H30N6O2/c1-16(2)22-26-24(32-27-22)28-13-10-21(11-14-28)30(20-8-9-20)23(31)18-4-6-19(7-5-18)29-15-12-25-17(29)3/h4-7,12,15-16,20-21H,8-11,13-14H2,1-3H3. The molecule has 5 rings (SSSR count). The van der Waals surface area contributed by atoms with Crippen LogP contribution in [0.1, 0.15) is 67.5 Å². The van der Waals surface area contributed by atoms with Crippen molar-refractivity contribution in [2.24, 2.45) is 0 Å². The van der Waals surface area contributed by atoms with E-state index < -0.39 is 0 Å². The van der Waals surface area contributed by atoms with Crippen molar-refractivity contribution < 1.29 is 9.32 Å². The maximum absolute atomic E-state index is 13.5. The van der Waals surface area contributed by atoms with Crippen LogP contribution in [0.15, 0.2) is 41.2 Å². The highest BCUT2D eigenvalue weighted by molar-refractivity contribution is 5.95. The van der Waals surface area contributed by atoms with E-state index in [-0.39, 0.29) is 17.9 Å². The number of benzene rings is 1. The molecule has 1 saturated heterocycles. The average molecular weight is 435 g/mol. The molecule has 2 fully saturated rings. The number of imidazole rings is 1. The van der Waals surface area contributed by atoms with Crippen molar-refractivity contribution in [2.75, 3.05) is 18.0 Å². The molecule has 32 heavy (non-hydrogen) atoms. The van der Waals surface area contributed by atoms with Crippen molar-refractivity contribution in [1.29, 1.82) is 0 Å². The summed E-state index contributed by atoms with van der Waals surface area (Å²) in [5, 5.41) is 4.08. The Hall–Kier alpha value is -3.16. The summed E-state index contributed by atoms with van der Waals surface area (Å²) in [4.78, 5) is 26.6. The van der Waals surface area contributed by atoms with Crippen LogP contribution in [0.5, 0.6) is 0 Å². The number of hydrogen-bond donors (Lipinski definition) is 0. The van der Waals surface area contributed by atoms with Gasteiger partial charge in [-0.1, -0.05) is 19.0 Å². The van der Waals surface area contributed by atoms with E-state index in [0.717, 1.165) is 61.7 Å². The van der Waals surface area contributed by atoms with Gasteiger partial charge in [0, 0.05) is 54.7 Å². The van der Waals surface area contributed by atoms with Crippen LogP contribution in [0.25, 0.3) is 5.69 Å². The Bertz CT molecular complexity index is 1070. The van der Waals surface area contributed by atoms with Gasteiger partial charge in [0.25, 0.3) is 5.91 Å². The number of nitrogens with zero attached hydrogens (tertiary/aromatic N) is 6. The minimum absolute atomic E-state index is 0.139. The van der Waals surface area contributed by atoms with Crippen molar-refractivity contribution in [3.8, 4) is 5.69 Å². The summed E-state index contributed by atoms with van der Waals surface area (Å²) in [6.45, 7) is 7.73. The van der Waals surface area contributed by atoms with Crippen molar-refractivity contribution >= 4 is 11.9 Å². The number of carbonyl (C=O) groups is 1. The predicted molar refractivity (Wildman–Crippen MR) is 121 cm³/mol. The molecule has 8 nitrogen and oxygen atoms in total. The van der Waals surface area contributed by atoms with Crippen LogP contribution in [-0.2, 0) is 0 Å². The van der Waals surface area contributed by atoms with Gasteiger partial charge >= 0.3 is 6.01 Å². The SMILES string of the molecule is Cc1nccn1-c1ccc(C(=O)N(C2CC2)C2CCN(c3nc(C(C)C)no3)CC2)cc1. The lowest BCUT2D eigenvalue weighted by Gasteiger charge is -2.38. The van der Waals surface area contributed by atoms with E-state index in [4.69, 9.17) is 4.52 Å². The summed E-state index contributed by atoms with van der Waals surface area (Å²) >= 11 is 0. The van der Waals surface area contributed by atoms with Gasteiger partial charge in [-0.25, -0.2) is 4.98 Å². The number of hydrogen-bond acceptors (Lipinski definition) is 6. The van der Waals surface area contributed by atoms with E-state index in [1.165, 1.54) is 0 Å². The second-order valence-corrected chi connectivity index (χ2v) is 9.14. The summed E-state index contributed by atoms with van der Waals surface area (Å²) in [6.07, 6.45) is 7.73. The molecule has 0 bridgehead atoms. The first kappa shape index (κ1) is 20.7. The monoisotopic (exact) mass is 434 g/mol. The molecule has 168 valence electrons. The molecule has 1 aromatic carbocycles. The van der Waals surface area contributed by atoms with E-state index in [2.05, 4.69) is 38.8 Å². The van der Waals surface area contributed by atoms with Gasteiger partial charge in [-0.15, -0.1) is 0 Å². The zero-order chi connectivity index (χ0) is 22.2. The summed E-state index contributed by atoms with van der Waals surface area (Å²) in [5.41, 5.74) is 1.77. The Morgan fingerprint density at radius 2 is 1.78 bits per heavy atom. The van der Waals surface area contributed by atoms with Gasteiger partial charge in [0.2, 0.25) is 0 Å². The first-order valence-corrected chi connectivity index (χ1v) is 11.5. The summed E-state index contributed by atoms with van der Waals surface area (Å²) in [5.74, 6) is 2.06. The molecule has 2 aromatic heterocycles. The Morgan fingerprint density at radius 1 is 1.09 bits per heavy atom. The van der Waals surface area contributed by atoms with Crippen molar-refractivity contribution in [1.82, 2.24) is 24.6 Å². The van der Waals surface area contributed by atoms with Gasteiger partial charge < -0.3 is 18.9 Å². The number of amides is 1. The van der Waals surface area contributed by atoms with E-state index in [1.807, 2.05) is 42.0 Å². The van der Waals surface area contributed by atoms with Crippen LogP contribution >= 0.6 is 0 Å². The second-order valence-electron chi connectivity index (χ2n) is 9.14. The van der Waals surface area contributed by atoms with Gasteiger partial charge in [0.15, 0.2) is 5.82 Å². The van der Waals surface area contributed by atoms with Crippen LogP contribution < -0.4 is 4.90 Å². The average Bonchev–Trinajstić information content (AvgIpc) is 3.32. The molecule has 0 spiro atoms. The molecular weight excluding hydrogens is 404 g/mol. The molecule has 3 aromatic rings. The Labute approximate surface area is 188 Å². The molecule has 2 aliphatic rings. The lowest BCUT2D eigenvalue weighted by molar-refractivity contribution is 0.0629. The number of carbonyl (C=O) groups excluding carboxylic acids is 1. The second kappa shape index (κ2) is 8.41. The zero-order valence-corrected chi connectivity index (χ0v) is 18.9. The molecule has 1 aliphatic heterocycles. The maximum atomic E-state index is 13.5. The minimum atomic E-state index is 0.139. The fourth-order valence-corrected chi connectivity index (χ4v) is 4.47. The van der Waals surface area contributed by atoms with Crippen molar-refractivity contribution in [3.05, 3.63) is 53.9 Å². The Balaban J connectivity index is 1.27. The summed E-state index contributed by atoms with van der Waals surface area (Å²) in [6, 6.07) is 9.08. The third-order valence-electron chi connectivity index (χ3n) is 6.47. The van der Waals surface area contributed by atoms with Gasteiger partial charge in [-0.05, 0) is 56.9 Å². The Morgan fingerprint density at radius 3 is 2.34 bits per heavy atom. The third kappa shape index (κ3) is 4.01. The fourth-order valence-electron chi connectivity index (χ4n) is 4.47. The lowest BCUT2D eigenvalue weighted by Crippen LogP contribution is -2.48. The van der Waals surface area contributed by atoms with Crippen LogP contribution in [0, 0.1) is 6.92 Å². The molecule has 1 aliphatic carbocycles. The van der Waals surface area contributed by atoms with Gasteiger partial charge in [0.1, 0.15) is 5.82 Å². The molecule has 0 unspecified atom stereocenters. The highest BCUT2D eigenvalue weighted by Crippen LogP contribution is 2.34. The number of aryl methyl sites for hydroxylation is 1. The fraction of sp³-hybridized carbons (Fsp3) is 0.500. The van der Waals surface area contributed by atoms with E-state index in [0.29, 0.717) is 12.1 Å². The van der Waals surface area contributed by atoms with E-state index in [1.54, 1.807) is 6.20 Å². The van der Waals surface area contributed by atoms with Crippen LogP contribution in [0.2, 0.25) is 0 Å². The number of piperidine rings is 1. The molecule has 8 heteroatoms. The van der Waals surface area contributed by atoms with Gasteiger partial charge in [0.05, 0.1) is 0 Å². The largest absolute Gasteiger partial charge is 0.333 e. The van der Waals surface area contributed by atoms with Crippen LogP contribution in [0.3, 0.4) is 0 Å². The molecule has 0 atom stereocenters. The third-order valence-corrected chi connectivity index (χ3v) is 6.47. The maximum Gasteiger partial charge on any atom is 0.324 e. The first-order valence-electron chi connectivity index (χ1n) is 11.5. The smallest absolute Gasteiger partial charge is 0.324 e. The summed E-state index contributed by atoms with van der Waals surface area (Å²) < 4.78 is 7.48. The molecule has 1 amide bonds.